The number of nitrogens with zero attached hydrogens (tertiary/aromatic N) is 3. The summed E-state index contributed by atoms with van der Waals surface area (Å²) in [6.07, 6.45) is 1.39. The standard InChI is InChI=1S/C28H25FN4O4/c1-19-15-23(17-30-31-28(34)16-21-7-4-6-10-27(21)33(35)36)20(2)32(19)24-11-13-25(14-12-24)37-18-22-8-3-5-9-26(22)29/h3-15,17H,16,18H2,1-2H3,(H,31,34)/b30-17+. The monoisotopic (exact) mass is 500 g/mol. The van der Waals surface area contributed by atoms with Gasteiger partial charge >= 0.3 is 0 Å². The number of para-hydroxylation sites is 1. The molecule has 0 aliphatic carbocycles. The minimum atomic E-state index is -0.511. The van der Waals surface area contributed by atoms with Crippen molar-refractivity contribution in [1.82, 2.24) is 9.99 Å². The van der Waals surface area contributed by atoms with E-state index in [9.17, 15) is 19.3 Å². The summed E-state index contributed by atoms with van der Waals surface area (Å²) in [5, 5.41) is 15.2. The lowest BCUT2D eigenvalue weighted by Gasteiger charge is -2.12. The molecule has 0 atom stereocenters. The van der Waals surface area contributed by atoms with Crippen molar-refractivity contribution in [3.8, 4) is 11.4 Å². The predicted octanol–water partition coefficient (Wildman–Crippen LogP) is 5.41. The first-order valence-electron chi connectivity index (χ1n) is 11.5. The van der Waals surface area contributed by atoms with Gasteiger partial charge in [-0.05, 0) is 50.2 Å². The third kappa shape index (κ3) is 6.07. The van der Waals surface area contributed by atoms with Crippen LogP contribution in [0.3, 0.4) is 0 Å². The number of rotatable bonds is 9. The minimum Gasteiger partial charge on any atom is -0.489 e. The Bertz CT molecular complexity index is 1460. The van der Waals surface area contributed by atoms with Crippen LogP contribution >= 0.6 is 0 Å². The zero-order valence-electron chi connectivity index (χ0n) is 20.3. The summed E-state index contributed by atoms with van der Waals surface area (Å²) >= 11 is 0. The number of carbonyl (C=O) groups is 1. The molecule has 0 spiro atoms. The van der Waals surface area contributed by atoms with Gasteiger partial charge in [0.2, 0.25) is 5.91 Å². The van der Waals surface area contributed by atoms with Crippen LogP contribution in [-0.2, 0) is 17.8 Å². The normalized spacial score (nSPS) is 11.0. The lowest BCUT2D eigenvalue weighted by atomic mass is 10.1. The van der Waals surface area contributed by atoms with E-state index in [0.717, 1.165) is 22.6 Å². The number of benzene rings is 3. The van der Waals surface area contributed by atoms with E-state index in [2.05, 4.69) is 10.5 Å². The fourth-order valence-electron chi connectivity index (χ4n) is 4.01. The fourth-order valence-corrected chi connectivity index (χ4v) is 4.01. The van der Waals surface area contributed by atoms with E-state index in [0.29, 0.717) is 16.9 Å². The number of nitrogens with one attached hydrogen (secondary N) is 1. The molecule has 4 aromatic rings. The van der Waals surface area contributed by atoms with Crippen molar-refractivity contribution in [3.63, 3.8) is 0 Å². The molecule has 4 rings (SSSR count). The highest BCUT2D eigenvalue weighted by Crippen LogP contribution is 2.23. The predicted molar refractivity (Wildman–Crippen MR) is 139 cm³/mol. The lowest BCUT2D eigenvalue weighted by Crippen LogP contribution is -2.20. The Morgan fingerprint density at radius 1 is 1.05 bits per heavy atom. The van der Waals surface area contributed by atoms with Gasteiger partial charge in [0.15, 0.2) is 0 Å². The number of aryl methyl sites for hydroxylation is 1. The maximum atomic E-state index is 13.8. The molecule has 1 heterocycles. The molecule has 37 heavy (non-hydrogen) atoms. The van der Waals surface area contributed by atoms with E-state index in [1.54, 1.807) is 42.6 Å². The highest BCUT2D eigenvalue weighted by Gasteiger charge is 2.15. The molecule has 0 unspecified atom stereocenters. The molecule has 3 aromatic carbocycles. The minimum absolute atomic E-state index is 0.103. The van der Waals surface area contributed by atoms with Crippen molar-refractivity contribution in [2.45, 2.75) is 26.9 Å². The number of nitro benzene ring substituents is 1. The summed E-state index contributed by atoms with van der Waals surface area (Å²) in [4.78, 5) is 22.9. The lowest BCUT2D eigenvalue weighted by molar-refractivity contribution is -0.385. The molecule has 0 saturated carbocycles. The van der Waals surface area contributed by atoms with E-state index in [-0.39, 0.29) is 24.5 Å². The summed E-state index contributed by atoms with van der Waals surface area (Å²) in [5.74, 6) is -0.132. The summed E-state index contributed by atoms with van der Waals surface area (Å²) < 4.78 is 21.6. The van der Waals surface area contributed by atoms with Gasteiger partial charge in [0.1, 0.15) is 18.2 Å². The Morgan fingerprint density at radius 2 is 1.73 bits per heavy atom. The topological polar surface area (TPSA) is 98.8 Å². The average molecular weight is 501 g/mol. The summed E-state index contributed by atoms with van der Waals surface area (Å²) in [6.45, 7) is 4.03. The Hall–Kier alpha value is -4.79. The number of amides is 1. The number of carbonyl (C=O) groups excluding carboxylic acids is 1. The number of hydrogen-bond acceptors (Lipinski definition) is 5. The van der Waals surface area contributed by atoms with Crippen LogP contribution in [0.4, 0.5) is 10.1 Å². The second-order valence-corrected chi connectivity index (χ2v) is 8.39. The van der Waals surface area contributed by atoms with Crippen LogP contribution in [0.25, 0.3) is 5.69 Å². The molecule has 0 saturated heterocycles. The summed E-state index contributed by atoms with van der Waals surface area (Å²) in [7, 11) is 0. The number of ether oxygens (including phenoxy) is 1. The molecular weight excluding hydrogens is 475 g/mol. The van der Waals surface area contributed by atoms with Gasteiger partial charge in [-0.2, -0.15) is 5.10 Å². The zero-order chi connectivity index (χ0) is 26.4. The van der Waals surface area contributed by atoms with E-state index in [1.165, 1.54) is 12.1 Å². The van der Waals surface area contributed by atoms with Crippen molar-refractivity contribution in [3.05, 3.63) is 123 Å². The number of hydrazone groups is 1. The molecule has 0 aliphatic heterocycles. The Morgan fingerprint density at radius 3 is 2.43 bits per heavy atom. The fraction of sp³-hybridized carbons (Fsp3) is 0.143. The first kappa shape index (κ1) is 25.3. The largest absolute Gasteiger partial charge is 0.489 e. The van der Waals surface area contributed by atoms with Crippen LogP contribution in [0.15, 0.2) is 84.0 Å². The van der Waals surface area contributed by atoms with Crippen molar-refractivity contribution >= 4 is 17.8 Å². The van der Waals surface area contributed by atoms with Crippen LogP contribution in [0.1, 0.15) is 28.1 Å². The van der Waals surface area contributed by atoms with Crippen molar-refractivity contribution < 1.29 is 18.8 Å². The van der Waals surface area contributed by atoms with Gasteiger partial charge in [-0.1, -0.05) is 36.4 Å². The Balaban J connectivity index is 1.40. The third-order valence-electron chi connectivity index (χ3n) is 5.85. The smallest absolute Gasteiger partial charge is 0.273 e. The molecule has 9 heteroatoms. The van der Waals surface area contributed by atoms with Crippen LogP contribution in [0, 0.1) is 29.8 Å². The van der Waals surface area contributed by atoms with Gasteiger partial charge in [-0.25, -0.2) is 9.82 Å². The molecule has 0 fully saturated rings. The van der Waals surface area contributed by atoms with Crippen LogP contribution < -0.4 is 10.2 Å². The first-order valence-corrected chi connectivity index (χ1v) is 11.5. The number of nitro groups is 1. The van der Waals surface area contributed by atoms with E-state index in [1.807, 2.05) is 48.7 Å². The summed E-state index contributed by atoms with van der Waals surface area (Å²) in [6, 6.07) is 22.0. The van der Waals surface area contributed by atoms with Gasteiger partial charge in [0, 0.05) is 39.8 Å². The van der Waals surface area contributed by atoms with Crippen molar-refractivity contribution in [2.24, 2.45) is 5.10 Å². The Kier molecular flexibility index (Phi) is 7.73. The molecule has 8 nitrogen and oxygen atoms in total. The molecule has 188 valence electrons. The number of halogens is 1. The molecule has 0 radical (unpaired) electrons. The Labute approximate surface area is 213 Å². The van der Waals surface area contributed by atoms with Crippen LogP contribution in [0.5, 0.6) is 5.75 Å². The molecule has 0 aliphatic rings. The van der Waals surface area contributed by atoms with Gasteiger partial charge < -0.3 is 9.30 Å². The van der Waals surface area contributed by atoms with E-state index >= 15 is 0 Å². The van der Waals surface area contributed by atoms with E-state index < -0.39 is 10.8 Å². The number of hydrogen-bond donors (Lipinski definition) is 1. The van der Waals surface area contributed by atoms with Gasteiger partial charge in [-0.15, -0.1) is 0 Å². The molecular formula is C28H25FN4O4. The molecule has 0 bridgehead atoms. The molecule has 1 amide bonds. The highest BCUT2D eigenvalue weighted by atomic mass is 19.1. The van der Waals surface area contributed by atoms with Crippen molar-refractivity contribution in [1.29, 1.82) is 0 Å². The highest BCUT2D eigenvalue weighted by molar-refractivity contribution is 5.85. The van der Waals surface area contributed by atoms with E-state index in [4.69, 9.17) is 4.74 Å². The number of aromatic nitrogens is 1. The van der Waals surface area contributed by atoms with Crippen LogP contribution in [0.2, 0.25) is 0 Å². The van der Waals surface area contributed by atoms with Gasteiger partial charge in [0.05, 0.1) is 17.6 Å². The average Bonchev–Trinajstić information content (AvgIpc) is 3.16. The maximum absolute atomic E-state index is 13.8. The first-order chi connectivity index (χ1) is 17.8. The maximum Gasteiger partial charge on any atom is 0.273 e. The molecule has 1 N–H and O–H groups in total. The zero-order valence-corrected chi connectivity index (χ0v) is 20.3. The van der Waals surface area contributed by atoms with Gasteiger partial charge in [-0.3, -0.25) is 14.9 Å². The summed E-state index contributed by atoms with van der Waals surface area (Å²) in [5.41, 5.74) is 6.73. The quantitative estimate of drug-likeness (QED) is 0.189. The third-order valence-corrected chi connectivity index (χ3v) is 5.85. The SMILES string of the molecule is Cc1cc(/C=N/NC(=O)Cc2ccccc2[N+](=O)[O-])c(C)n1-c1ccc(OCc2ccccc2F)cc1. The molecule has 1 aromatic heterocycles. The van der Waals surface area contributed by atoms with Crippen LogP contribution in [-0.4, -0.2) is 21.6 Å². The van der Waals surface area contributed by atoms with Crippen molar-refractivity contribution in [2.75, 3.05) is 0 Å². The second kappa shape index (κ2) is 11.3. The second-order valence-electron chi connectivity index (χ2n) is 8.39. The van der Waals surface area contributed by atoms with Gasteiger partial charge in [0.25, 0.3) is 5.69 Å².